The highest BCUT2D eigenvalue weighted by atomic mass is 16.5. The van der Waals surface area contributed by atoms with Gasteiger partial charge in [0.05, 0.1) is 6.61 Å². The van der Waals surface area contributed by atoms with E-state index in [1.54, 1.807) is 0 Å². The molecule has 1 rings (SSSR count). The van der Waals surface area contributed by atoms with Crippen molar-refractivity contribution < 1.29 is 9.94 Å². The van der Waals surface area contributed by atoms with Crippen LogP contribution in [0.25, 0.3) is 0 Å². The fourth-order valence-electron chi connectivity index (χ4n) is 2.10. The van der Waals surface area contributed by atoms with Gasteiger partial charge in [-0.25, -0.2) is 0 Å². The maximum absolute atomic E-state index is 8.73. The Kier molecular flexibility index (Phi) is 6.53. The van der Waals surface area contributed by atoms with Crippen molar-refractivity contribution in [3.63, 3.8) is 0 Å². The number of hydrogen-bond donors (Lipinski definition) is 2. The number of hydrogen-bond acceptors (Lipinski definition) is 3. The summed E-state index contributed by atoms with van der Waals surface area (Å²) in [5, 5.41) is 11.8. The van der Waals surface area contributed by atoms with Gasteiger partial charge in [0.2, 0.25) is 0 Å². The summed E-state index contributed by atoms with van der Waals surface area (Å²) in [7, 11) is 0. The van der Waals surface area contributed by atoms with Crippen LogP contribution in [0.4, 0.5) is 0 Å². The lowest BCUT2D eigenvalue weighted by atomic mass is 9.87. The Bertz CT molecular complexity index is 452. The first kappa shape index (κ1) is 17.3. The summed E-state index contributed by atoms with van der Waals surface area (Å²) in [4.78, 5) is 0. The van der Waals surface area contributed by atoms with Gasteiger partial charge in [0.1, 0.15) is 11.6 Å². The van der Waals surface area contributed by atoms with Crippen LogP contribution in [0.15, 0.2) is 29.4 Å². The Morgan fingerprint density at radius 1 is 1.33 bits per heavy atom. The maximum Gasteiger partial charge on any atom is 0.144 e. The lowest BCUT2D eigenvalue weighted by molar-refractivity contribution is 0.277. The predicted molar refractivity (Wildman–Crippen MR) is 87.1 cm³/mol. The third-order valence-corrected chi connectivity index (χ3v) is 4.08. The minimum absolute atomic E-state index is 0.264. The summed E-state index contributed by atoms with van der Waals surface area (Å²) in [6.45, 7) is 8.97. The molecule has 0 aliphatic heterocycles. The summed E-state index contributed by atoms with van der Waals surface area (Å²) in [5.41, 5.74) is 6.70. The molecule has 1 atom stereocenters. The number of amidine groups is 1. The van der Waals surface area contributed by atoms with Crippen LogP contribution < -0.4 is 10.5 Å². The minimum atomic E-state index is -0.307. The fourth-order valence-corrected chi connectivity index (χ4v) is 2.10. The van der Waals surface area contributed by atoms with Gasteiger partial charge in [0.15, 0.2) is 0 Å². The van der Waals surface area contributed by atoms with E-state index in [0.717, 1.165) is 25.0 Å². The Labute approximate surface area is 128 Å². The van der Waals surface area contributed by atoms with Gasteiger partial charge in [-0.2, -0.15) is 0 Å². The van der Waals surface area contributed by atoms with E-state index < -0.39 is 0 Å². The van der Waals surface area contributed by atoms with E-state index in [4.69, 9.17) is 15.7 Å². The van der Waals surface area contributed by atoms with Crippen molar-refractivity contribution in [1.29, 1.82) is 0 Å². The first-order valence-electron chi connectivity index (χ1n) is 7.61. The Hall–Kier alpha value is -1.71. The van der Waals surface area contributed by atoms with Gasteiger partial charge < -0.3 is 15.7 Å². The van der Waals surface area contributed by atoms with Gasteiger partial charge in [-0.3, -0.25) is 0 Å². The third kappa shape index (κ3) is 5.29. The first-order chi connectivity index (χ1) is 9.90. The standard InChI is InChI=1S/C17H28N2O2/c1-5-13(2)14-7-9-15(10-8-14)21-12-6-11-17(3,4)16(18)19-20/h7-10,13,20H,5-6,11-12H2,1-4H3,(H2,18,19). The smallest absolute Gasteiger partial charge is 0.144 e. The van der Waals surface area contributed by atoms with Gasteiger partial charge in [-0.1, -0.05) is 45.0 Å². The zero-order chi connectivity index (χ0) is 15.9. The first-order valence-corrected chi connectivity index (χ1v) is 7.61. The van der Waals surface area contributed by atoms with E-state index in [0.29, 0.717) is 12.5 Å². The van der Waals surface area contributed by atoms with Crippen molar-refractivity contribution in [3.8, 4) is 5.75 Å². The second-order valence-corrected chi connectivity index (χ2v) is 6.20. The normalized spacial score (nSPS) is 14.0. The molecule has 0 heterocycles. The molecule has 0 amide bonds. The molecule has 1 unspecified atom stereocenters. The van der Waals surface area contributed by atoms with Crippen molar-refractivity contribution in [3.05, 3.63) is 29.8 Å². The fraction of sp³-hybridized carbons (Fsp3) is 0.588. The lowest BCUT2D eigenvalue weighted by Gasteiger charge is -2.22. The summed E-state index contributed by atoms with van der Waals surface area (Å²) >= 11 is 0. The monoisotopic (exact) mass is 292 g/mol. The third-order valence-electron chi connectivity index (χ3n) is 4.08. The minimum Gasteiger partial charge on any atom is -0.494 e. The number of benzene rings is 1. The van der Waals surface area contributed by atoms with E-state index in [9.17, 15) is 0 Å². The highest BCUT2D eigenvalue weighted by Gasteiger charge is 2.22. The van der Waals surface area contributed by atoms with Gasteiger partial charge in [0, 0.05) is 5.41 Å². The van der Waals surface area contributed by atoms with Gasteiger partial charge in [-0.15, -0.1) is 0 Å². The van der Waals surface area contributed by atoms with E-state index in [-0.39, 0.29) is 11.3 Å². The lowest BCUT2D eigenvalue weighted by Crippen LogP contribution is -2.32. The van der Waals surface area contributed by atoms with Crippen molar-refractivity contribution in [2.75, 3.05) is 6.61 Å². The van der Waals surface area contributed by atoms with Crippen LogP contribution in [-0.2, 0) is 0 Å². The van der Waals surface area contributed by atoms with E-state index in [1.807, 2.05) is 26.0 Å². The molecule has 0 radical (unpaired) electrons. The van der Waals surface area contributed by atoms with Crippen LogP contribution in [0.1, 0.15) is 58.4 Å². The van der Waals surface area contributed by atoms with E-state index in [1.165, 1.54) is 5.56 Å². The molecule has 4 heteroatoms. The second-order valence-electron chi connectivity index (χ2n) is 6.20. The molecule has 4 nitrogen and oxygen atoms in total. The van der Waals surface area contributed by atoms with Crippen LogP contribution in [0.3, 0.4) is 0 Å². The van der Waals surface area contributed by atoms with Crippen molar-refractivity contribution >= 4 is 5.84 Å². The Morgan fingerprint density at radius 3 is 2.48 bits per heavy atom. The molecule has 21 heavy (non-hydrogen) atoms. The molecule has 1 aromatic rings. The molecule has 0 spiro atoms. The molecule has 118 valence electrons. The average molecular weight is 292 g/mol. The number of oxime groups is 1. The predicted octanol–water partition coefficient (Wildman–Crippen LogP) is 4.13. The zero-order valence-electron chi connectivity index (χ0n) is 13.6. The molecule has 0 aliphatic rings. The Balaban J connectivity index is 2.40. The molecule has 0 bridgehead atoms. The van der Waals surface area contributed by atoms with Gasteiger partial charge in [0.25, 0.3) is 0 Å². The number of nitrogens with zero attached hydrogens (tertiary/aromatic N) is 1. The van der Waals surface area contributed by atoms with E-state index in [2.05, 4.69) is 31.1 Å². The highest BCUT2D eigenvalue weighted by molar-refractivity contribution is 5.85. The van der Waals surface area contributed by atoms with Crippen molar-refractivity contribution in [2.45, 2.75) is 52.9 Å². The maximum atomic E-state index is 8.73. The second kappa shape index (κ2) is 7.91. The van der Waals surface area contributed by atoms with Crippen LogP contribution in [0, 0.1) is 5.41 Å². The summed E-state index contributed by atoms with van der Waals surface area (Å²) < 4.78 is 5.74. The quantitative estimate of drug-likeness (QED) is 0.249. The molecule has 0 saturated carbocycles. The Morgan fingerprint density at radius 2 is 1.95 bits per heavy atom. The van der Waals surface area contributed by atoms with Crippen LogP contribution in [0.5, 0.6) is 5.75 Å². The largest absolute Gasteiger partial charge is 0.494 e. The molecule has 0 aromatic heterocycles. The molecule has 0 fully saturated rings. The number of rotatable bonds is 8. The highest BCUT2D eigenvalue weighted by Crippen LogP contribution is 2.24. The topological polar surface area (TPSA) is 67.8 Å². The average Bonchev–Trinajstić information content (AvgIpc) is 2.50. The molecular weight excluding hydrogens is 264 g/mol. The van der Waals surface area contributed by atoms with Gasteiger partial charge in [-0.05, 0) is 42.9 Å². The number of ether oxygens (including phenoxy) is 1. The van der Waals surface area contributed by atoms with Crippen molar-refractivity contribution in [2.24, 2.45) is 16.3 Å². The van der Waals surface area contributed by atoms with E-state index >= 15 is 0 Å². The zero-order valence-corrected chi connectivity index (χ0v) is 13.6. The molecule has 0 saturated heterocycles. The summed E-state index contributed by atoms with van der Waals surface area (Å²) in [5.74, 6) is 1.74. The SMILES string of the molecule is CCC(C)c1ccc(OCCCC(C)(C)/C(N)=N/O)cc1. The van der Waals surface area contributed by atoms with Crippen LogP contribution in [-0.4, -0.2) is 17.6 Å². The number of nitrogens with two attached hydrogens (primary N) is 1. The van der Waals surface area contributed by atoms with Crippen molar-refractivity contribution in [1.82, 2.24) is 0 Å². The molecule has 3 N–H and O–H groups in total. The molecular formula is C17H28N2O2. The van der Waals surface area contributed by atoms with Crippen LogP contribution in [0.2, 0.25) is 0 Å². The van der Waals surface area contributed by atoms with Crippen LogP contribution >= 0.6 is 0 Å². The molecule has 1 aromatic carbocycles. The molecule has 0 aliphatic carbocycles. The summed E-state index contributed by atoms with van der Waals surface area (Å²) in [6, 6.07) is 8.31. The van der Waals surface area contributed by atoms with Gasteiger partial charge >= 0.3 is 0 Å². The summed E-state index contributed by atoms with van der Waals surface area (Å²) in [6.07, 6.45) is 2.81.